The zero-order chi connectivity index (χ0) is 17.5. The fourth-order valence-corrected chi connectivity index (χ4v) is 26.7. The maximum absolute atomic E-state index is 5.50. The Kier molecular flexibility index (Phi) is 19.9. The van der Waals surface area contributed by atoms with E-state index in [0.717, 1.165) is 0 Å². The van der Waals surface area contributed by atoms with E-state index in [4.69, 9.17) is 42.6 Å². The third-order valence-electron chi connectivity index (χ3n) is 3.11. The molecule has 0 bridgehead atoms. The van der Waals surface area contributed by atoms with E-state index in [2.05, 4.69) is 16.6 Å². The first kappa shape index (κ1) is 34.5. The zero-order valence-corrected chi connectivity index (χ0v) is 30.2. The van der Waals surface area contributed by atoms with Crippen molar-refractivity contribution in [1.29, 1.82) is 0 Å². The maximum Gasteiger partial charge on any atom is 3.00 e. The van der Waals surface area contributed by atoms with Crippen LogP contribution in [0.1, 0.15) is 0 Å². The molecule has 30 heavy (non-hydrogen) atoms. The summed E-state index contributed by atoms with van der Waals surface area (Å²) in [4.78, 5) is 0. The molecule has 0 aromatic carbocycles. The Bertz CT molecular complexity index is 473. The van der Waals surface area contributed by atoms with Crippen molar-refractivity contribution in [2.45, 2.75) is 0 Å². The van der Waals surface area contributed by atoms with Gasteiger partial charge in [-0.25, -0.2) is 0 Å². The first-order chi connectivity index (χ1) is 12.7. The summed E-state index contributed by atoms with van der Waals surface area (Å²) in [6.07, 6.45) is 0. The molecule has 18 nitrogen and oxygen atoms in total. The quantitative estimate of drug-likeness (QED) is 0.202. The summed E-state index contributed by atoms with van der Waals surface area (Å²) in [6.45, 7) is 0. The zero-order valence-electron chi connectivity index (χ0n) is 14.3. The van der Waals surface area contributed by atoms with E-state index in [1.54, 1.807) is 0 Å². The van der Waals surface area contributed by atoms with Crippen LogP contribution in [-0.4, -0.2) is 185 Å². The molecule has 3 N–H and O–H groups in total. The molecule has 5 aliphatic rings. The summed E-state index contributed by atoms with van der Waals surface area (Å²) < 4.78 is 80.3. The molecule has 5 saturated heterocycles. The van der Waals surface area contributed by atoms with Gasteiger partial charge < -0.3 is 59.0 Å². The van der Waals surface area contributed by atoms with Crippen LogP contribution in [0, 0.1) is 41.7 Å². The average Bonchev–Trinajstić information content (AvgIpc) is 2.43. The van der Waals surface area contributed by atoms with Crippen molar-refractivity contribution < 1.29 is 101 Å². The Labute approximate surface area is 264 Å². The predicted octanol–water partition coefficient (Wildman–Crippen LogP) is -5.75. The summed E-state index contributed by atoms with van der Waals surface area (Å²) >= 11 is -17.3. The molecule has 0 saturated carbocycles. The summed E-state index contributed by atoms with van der Waals surface area (Å²) in [6, 6.07) is 0. The molecule has 5 fully saturated rings. The summed E-state index contributed by atoms with van der Waals surface area (Å²) in [7, 11) is 0. The Balaban J connectivity index is 0.00000112. The molecule has 0 aromatic rings. The minimum Gasteiger partial charge on any atom is -0.870 e. The van der Waals surface area contributed by atoms with Crippen molar-refractivity contribution in [3.8, 4) is 0 Å². The Morgan fingerprint density at radius 3 is 0.967 bits per heavy atom. The number of hydrogen-bond acceptors (Lipinski definition) is 18. The minimum absolute atomic E-state index is 0. The number of hydrogen-bond donors (Lipinski definition) is 0. The molecule has 30 heteroatoms. The SMILES string of the molecule is [Al][O][Al]1[O][Al]([O][Al]2[O][Al]([O][Al]3[O][Al]([O][Al]4[O][Al]([O][Al]5[O][Al][O]5)[O]4)[O]3)[O]2)[O]1.[Ce+3].[OH-].[OH-].[OH-]. The van der Waals surface area contributed by atoms with Crippen LogP contribution in [0.4, 0.5) is 0 Å². The van der Waals surface area contributed by atoms with Crippen LogP contribution in [0.5, 0.6) is 0 Å². The van der Waals surface area contributed by atoms with Gasteiger partial charge in [-0.15, -0.1) is 0 Å². The van der Waals surface area contributed by atoms with E-state index in [1.165, 1.54) is 0 Å². The largest absolute Gasteiger partial charge is 3.00 e. The average molecular weight is 728 g/mol. The van der Waals surface area contributed by atoms with Crippen molar-refractivity contribution in [3.05, 3.63) is 0 Å². The second kappa shape index (κ2) is 17.3. The van der Waals surface area contributed by atoms with Gasteiger partial charge in [0.1, 0.15) is 0 Å². The molecular formula is H3Al11CeO18. The first-order valence-corrected chi connectivity index (χ1v) is 21.2. The molecule has 5 aliphatic heterocycles. The van der Waals surface area contributed by atoms with Crippen LogP contribution in [0.15, 0.2) is 0 Å². The van der Waals surface area contributed by atoms with Crippen molar-refractivity contribution in [1.82, 2.24) is 0 Å². The molecule has 5 heterocycles. The molecular weight excluding hydrogens is 725 g/mol. The predicted molar refractivity (Wildman–Crippen MR) is 85.4 cm³/mol. The van der Waals surface area contributed by atoms with Gasteiger partial charge in [-0.1, -0.05) is 0 Å². The molecule has 4 radical (unpaired) electrons. The molecule has 0 spiro atoms. The Morgan fingerprint density at radius 1 is 0.467 bits per heavy atom. The minimum atomic E-state index is -2.23. The van der Waals surface area contributed by atoms with Gasteiger partial charge in [-0.3, -0.25) is 0 Å². The van der Waals surface area contributed by atoms with Crippen LogP contribution in [0.3, 0.4) is 0 Å². The van der Waals surface area contributed by atoms with Crippen molar-refractivity contribution >= 4 is 169 Å². The van der Waals surface area contributed by atoms with E-state index >= 15 is 0 Å². The van der Waals surface area contributed by atoms with E-state index in [1.807, 2.05) is 0 Å². The van der Waals surface area contributed by atoms with Gasteiger partial charge in [-0.2, -0.15) is 0 Å². The van der Waals surface area contributed by atoms with E-state index in [-0.39, 0.29) is 74.1 Å². The molecule has 0 aliphatic carbocycles. The molecule has 5 rings (SSSR count). The van der Waals surface area contributed by atoms with Crippen LogP contribution in [0.2, 0.25) is 0 Å². The van der Waals surface area contributed by atoms with Crippen LogP contribution < -0.4 is 0 Å². The van der Waals surface area contributed by atoms with Gasteiger partial charge in [0.15, 0.2) is 0 Å². The fourth-order valence-electron chi connectivity index (χ4n) is 1.81. The smallest absolute Gasteiger partial charge is 0.870 e. The van der Waals surface area contributed by atoms with Gasteiger partial charge in [0, 0.05) is 0 Å². The standard InChI is InChI=1S/11Al.Ce.3H2O.15O/h;;;;;;;;;;;;3*1H2;;;;;;;;;;;;;;;/q;;;;;;;;;;;+3;;;;;;;;;;;;;;;;;;/p-3. The van der Waals surface area contributed by atoms with Crippen LogP contribution in [0.25, 0.3) is 0 Å². The third kappa shape index (κ3) is 9.92. The van der Waals surface area contributed by atoms with Crippen molar-refractivity contribution in [2.24, 2.45) is 0 Å². The topological polar surface area (TPSA) is 228 Å². The monoisotopic (exact) mass is 728 g/mol. The molecule has 0 atom stereocenters. The summed E-state index contributed by atoms with van der Waals surface area (Å²) in [5.74, 6) is 0. The normalized spacial score (nSPS) is 21.4. The first-order valence-electron chi connectivity index (χ1n) is 7.07. The maximum atomic E-state index is 5.50. The molecule has 148 valence electrons. The summed E-state index contributed by atoms with van der Waals surface area (Å²) in [5.41, 5.74) is 0. The molecule has 0 amide bonds. The van der Waals surface area contributed by atoms with E-state index in [0.29, 0.717) is 0 Å². The van der Waals surface area contributed by atoms with E-state index in [9.17, 15) is 0 Å². The number of rotatable bonds is 9. The van der Waals surface area contributed by atoms with E-state index < -0.39 is 136 Å². The second-order valence-electron chi connectivity index (χ2n) is 4.74. The third-order valence-corrected chi connectivity index (χ3v) is 28.0. The van der Waals surface area contributed by atoms with Crippen LogP contribution in [-0.2, 0) is 42.6 Å². The second-order valence-corrected chi connectivity index (χ2v) is 26.5. The van der Waals surface area contributed by atoms with Crippen molar-refractivity contribution in [2.75, 3.05) is 0 Å². The van der Waals surface area contributed by atoms with Gasteiger partial charge in [0.2, 0.25) is 0 Å². The Morgan fingerprint density at radius 2 is 0.733 bits per heavy atom. The molecule has 0 unspecified atom stereocenters. The van der Waals surface area contributed by atoms with Crippen molar-refractivity contribution in [3.63, 3.8) is 0 Å². The van der Waals surface area contributed by atoms with Gasteiger partial charge in [0.25, 0.3) is 0 Å². The fraction of sp³-hybridized carbons (Fsp3) is 0. The van der Waals surface area contributed by atoms with Gasteiger partial charge in [-0.05, 0) is 0 Å². The summed E-state index contributed by atoms with van der Waals surface area (Å²) in [5, 5.41) is 0. The van der Waals surface area contributed by atoms with Gasteiger partial charge in [0.05, 0.1) is 0 Å². The Hall–Kier alpha value is 6.51. The van der Waals surface area contributed by atoms with Gasteiger partial charge >= 0.3 is 211 Å². The molecule has 0 aromatic heterocycles. The van der Waals surface area contributed by atoms with Crippen LogP contribution >= 0.6 is 0 Å².